The SMILES string of the molecule is N[C@H]1CCCC[C@@H]1N1C(=O)c2ccccc2[C@@H](C(=O)NOCc2cccc(OCC(=O)O)c2)[C@@H]1c1ccc(Cl)cc1Cl. The molecule has 11 heteroatoms. The first-order valence-corrected chi connectivity index (χ1v) is 14.5. The Morgan fingerprint density at radius 2 is 1.79 bits per heavy atom. The summed E-state index contributed by atoms with van der Waals surface area (Å²) in [5, 5.41) is 9.64. The molecular weight excluding hydrogens is 581 g/mol. The molecule has 1 fully saturated rings. The van der Waals surface area contributed by atoms with Crippen molar-refractivity contribution in [3.8, 4) is 5.75 Å². The first-order valence-electron chi connectivity index (χ1n) is 13.7. The van der Waals surface area contributed by atoms with Crippen molar-refractivity contribution in [3.63, 3.8) is 0 Å². The maximum atomic E-state index is 14.1. The number of hydroxylamine groups is 1. The molecule has 4 atom stereocenters. The number of hydrogen-bond donors (Lipinski definition) is 3. The van der Waals surface area contributed by atoms with Crippen LogP contribution in [0.2, 0.25) is 10.0 Å². The predicted molar refractivity (Wildman–Crippen MR) is 157 cm³/mol. The average molecular weight is 613 g/mol. The van der Waals surface area contributed by atoms with Crippen LogP contribution in [0.25, 0.3) is 0 Å². The molecule has 3 aromatic rings. The van der Waals surface area contributed by atoms with E-state index in [4.69, 9.17) is 43.6 Å². The van der Waals surface area contributed by atoms with E-state index in [1.807, 2.05) is 0 Å². The lowest BCUT2D eigenvalue weighted by atomic mass is 9.76. The van der Waals surface area contributed by atoms with Crippen LogP contribution in [0.3, 0.4) is 0 Å². The highest BCUT2D eigenvalue weighted by Crippen LogP contribution is 2.47. The number of halogens is 2. The molecule has 0 aromatic heterocycles. The van der Waals surface area contributed by atoms with Gasteiger partial charge in [-0.1, -0.05) is 72.4 Å². The molecule has 1 saturated carbocycles. The highest BCUT2D eigenvalue weighted by molar-refractivity contribution is 6.35. The van der Waals surface area contributed by atoms with Gasteiger partial charge in [-0.05, 0) is 59.9 Å². The lowest BCUT2D eigenvalue weighted by Crippen LogP contribution is -2.57. The fourth-order valence-electron chi connectivity index (χ4n) is 5.88. The molecular formula is C31H31Cl2N3O6. The second-order valence-electron chi connectivity index (χ2n) is 10.5. The number of carboxylic acid groups (broad SMARTS) is 1. The second kappa shape index (κ2) is 13.1. The van der Waals surface area contributed by atoms with Crippen LogP contribution in [0.1, 0.15) is 64.7 Å². The van der Waals surface area contributed by atoms with Crippen molar-refractivity contribution in [1.29, 1.82) is 0 Å². The van der Waals surface area contributed by atoms with Crippen LogP contribution in [-0.2, 0) is 21.0 Å². The number of nitrogens with one attached hydrogen (secondary N) is 1. The summed E-state index contributed by atoms with van der Waals surface area (Å²) >= 11 is 13.0. The summed E-state index contributed by atoms with van der Waals surface area (Å²) in [6, 6.07) is 17.5. The predicted octanol–water partition coefficient (Wildman–Crippen LogP) is 5.26. The molecule has 5 rings (SSSR count). The number of benzene rings is 3. The Morgan fingerprint density at radius 1 is 1.00 bits per heavy atom. The van der Waals surface area contributed by atoms with Gasteiger partial charge < -0.3 is 20.5 Å². The Kier molecular flexibility index (Phi) is 9.33. The molecule has 1 aliphatic carbocycles. The smallest absolute Gasteiger partial charge is 0.341 e. The van der Waals surface area contributed by atoms with E-state index < -0.39 is 30.4 Å². The van der Waals surface area contributed by atoms with Crippen LogP contribution in [0.4, 0.5) is 0 Å². The van der Waals surface area contributed by atoms with Gasteiger partial charge in [-0.15, -0.1) is 0 Å². The van der Waals surface area contributed by atoms with E-state index in [0.29, 0.717) is 44.5 Å². The summed E-state index contributed by atoms with van der Waals surface area (Å²) < 4.78 is 5.23. The van der Waals surface area contributed by atoms with E-state index in [1.54, 1.807) is 71.6 Å². The van der Waals surface area contributed by atoms with Gasteiger partial charge in [0.05, 0.1) is 18.6 Å². The van der Waals surface area contributed by atoms with Gasteiger partial charge in [0, 0.05) is 27.7 Å². The van der Waals surface area contributed by atoms with E-state index in [1.165, 1.54) is 0 Å². The Bertz CT molecular complexity index is 1480. The Morgan fingerprint density at radius 3 is 2.55 bits per heavy atom. The van der Waals surface area contributed by atoms with Crippen LogP contribution >= 0.6 is 23.2 Å². The summed E-state index contributed by atoms with van der Waals surface area (Å²) in [5.41, 5.74) is 11.4. The minimum absolute atomic E-state index is 0.00705. The molecule has 0 spiro atoms. The molecule has 9 nitrogen and oxygen atoms in total. The minimum atomic E-state index is -1.09. The van der Waals surface area contributed by atoms with Crippen molar-refractivity contribution in [2.45, 2.75) is 56.3 Å². The van der Waals surface area contributed by atoms with Crippen molar-refractivity contribution in [1.82, 2.24) is 10.4 Å². The number of nitrogens with two attached hydrogens (primary N) is 1. The maximum Gasteiger partial charge on any atom is 0.341 e. The second-order valence-corrected chi connectivity index (χ2v) is 11.3. The van der Waals surface area contributed by atoms with Gasteiger partial charge in [-0.2, -0.15) is 0 Å². The summed E-state index contributed by atoms with van der Waals surface area (Å²) in [6.45, 7) is -0.483. The molecule has 1 aliphatic heterocycles. The highest BCUT2D eigenvalue weighted by Gasteiger charge is 2.48. The third-order valence-corrected chi connectivity index (χ3v) is 8.31. The van der Waals surface area contributed by atoms with Crippen molar-refractivity contribution in [3.05, 3.63) is 99.0 Å². The van der Waals surface area contributed by atoms with Gasteiger partial charge in [0.15, 0.2) is 6.61 Å². The van der Waals surface area contributed by atoms with Gasteiger partial charge in [0.25, 0.3) is 11.8 Å². The zero-order valence-electron chi connectivity index (χ0n) is 22.7. The Hall–Kier alpha value is -3.63. The number of fused-ring (bicyclic) bond motifs is 1. The number of aliphatic carboxylic acids is 1. The molecule has 2 amide bonds. The van der Waals surface area contributed by atoms with Crippen molar-refractivity contribution in [2.24, 2.45) is 5.73 Å². The standard InChI is InChI=1S/C31H31Cl2N3O6/c32-19-12-13-23(24(33)15-19)29-28(30(39)35-42-16-18-6-5-7-20(14-18)41-17-27(37)38)21-8-1-2-9-22(21)31(40)36(29)26-11-4-3-10-25(26)34/h1-2,5-9,12-15,25-26,28-29H,3-4,10-11,16-17,34H2,(H,35,39)(H,37,38)/t25-,26-,28+,29-/m0/s1. The molecule has 0 saturated heterocycles. The molecule has 220 valence electrons. The quantitative estimate of drug-likeness (QED) is 0.281. The Balaban J connectivity index is 1.47. The van der Waals surface area contributed by atoms with E-state index in [0.717, 1.165) is 19.3 Å². The van der Waals surface area contributed by atoms with E-state index in [2.05, 4.69) is 5.48 Å². The molecule has 3 aromatic carbocycles. The lowest BCUT2D eigenvalue weighted by molar-refractivity contribution is -0.139. The number of carbonyl (C=O) groups excluding carboxylic acids is 2. The number of carboxylic acids is 1. The average Bonchev–Trinajstić information content (AvgIpc) is 2.97. The van der Waals surface area contributed by atoms with Gasteiger partial charge >= 0.3 is 5.97 Å². The van der Waals surface area contributed by atoms with Gasteiger partial charge in [0.2, 0.25) is 0 Å². The minimum Gasteiger partial charge on any atom is -0.482 e. The van der Waals surface area contributed by atoms with Crippen molar-refractivity contribution < 1.29 is 29.1 Å². The third kappa shape index (κ3) is 6.39. The van der Waals surface area contributed by atoms with Gasteiger partial charge in [0.1, 0.15) is 5.75 Å². The van der Waals surface area contributed by atoms with Crippen LogP contribution in [0, 0.1) is 0 Å². The molecule has 4 N–H and O–H groups in total. The normalized spacial score (nSPS) is 21.9. The number of amides is 2. The molecule has 2 aliphatic rings. The highest BCUT2D eigenvalue weighted by atomic mass is 35.5. The molecule has 1 heterocycles. The van der Waals surface area contributed by atoms with Crippen LogP contribution < -0.4 is 16.0 Å². The Labute approximate surface area is 253 Å². The molecule has 0 unspecified atom stereocenters. The summed E-state index contributed by atoms with van der Waals surface area (Å²) in [7, 11) is 0. The van der Waals surface area contributed by atoms with E-state index in [9.17, 15) is 14.4 Å². The van der Waals surface area contributed by atoms with Gasteiger partial charge in [-0.25, -0.2) is 10.3 Å². The van der Waals surface area contributed by atoms with Crippen LogP contribution in [0.5, 0.6) is 5.75 Å². The van der Waals surface area contributed by atoms with Crippen LogP contribution in [-0.4, -0.2) is 46.5 Å². The number of nitrogens with zero attached hydrogens (tertiary/aromatic N) is 1. The lowest BCUT2D eigenvalue weighted by Gasteiger charge is -2.48. The van der Waals surface area contributed by atoms with Crippen molar-refractivity contribution in [2.75, 3.05) is 6.61 Å². The first-order chi connectivity index (χ1) is 20.2. The molecule has 42 heavy (non-hydrogen) atoms. The number of ether oxygens (including phenoxy) is 1. The summed E-state index contributed by atoms with van der Waals surface area (Å²) in [6.07, 6.45) is 3.37. The van der Waals surface area contributed by atoms with Gasteiger partial charge in [-0.3, -0.25) is 14.4 Å². The zero-order valence-corrected chi connectivity index (χ0v) is 24.2. The monoisotopic (exact) mass is 611 g/mol. The van der Waals surface area contributed by atoms with E-state index in [-0.39, 0.29) is 24.6 Å². The summed E-state index contributed by atoms with van der Waals surface area (Å²) in [4.78, 5) is 46.3. The van der Waals surface area contributed by atoms with Crippen LogP contribution in [0.15, 0.2) is 66.7 Å². The fraction of sp³-hybridized carbons (Fsp3) is 0.323. The largest absolute Gasteiger partial charge is 0.482 e. The first kappa shape index (κ1) is 29.8. The molecule has 0 radical (unpaired) electrons. The fourth-order valence-corrected chi connectivity index (χ4v) is 6.40. The number of rotatable bonds is 9. The summed E-state index contributed by atoms with van der Waals surface area (Å²) in [5.74, 6) is -2.25. The zero-order chi connectivity index (χ0) is 29.8. The number of hydrogen-bond acceptors (Lipinski definition) is 6. The third-order valence-electron chi connectivity index (χ3n) is 7.75. The maximum absolute atomic E-state index is 14.1. The van der Waals surface area contributed by atoms with Crippen molar-refractivity contribution >= 4 is 41.0 Å². The number of carbonyl (C=O) groups is 3. The topological polar surface area (TPSA) is 131 Å². The molecule has 0 bridgehead atoms. The van der Waals surface area contributed by atoms with E-state index >= 15 is 0 Å².